The fraction of sp³-hybridized carbons (Fsp3) is 0.769. The van der Waals surface area contributed by atoms with E-state index in [1.54, 1.807) is 6.08 Å². The van der Waals surface area contributed by atoms with Crippen LogP contribution in [0.4, 0.5) is 0 Å². The Balaban J connectivity index is 1.87. The van der Waals surface area contributed by atoms with Crippen LogP contribution in [-0.4, -0.2) is 29.9 Å². The molecule has 0 aromatic carbocycles. The Kier molecular flexibility index (Phi) is 2.35. The summed E-state index contributed by atoms with van der Waals surface area (Å²) in [7, 11) is 0. The number of hydrogen-bond donors (Lipinski definition) is 1. The number of rotatable bonds is 0. The lowest BCUT2D eigenvalue weighted by molar-refractivity contribution is -0.206. The second-order valence-corrected chi connectivity index (χ2v) is 5.58. The normalized spacial score (nSPS) is 40.2. The number of ether oxygens (including phenoxy) is 2. The Morgan fingerprint density at radius 2 is 2.06 bits per heavy atom. The van der Waals surface area contributed by atoms with Crippen molar-refractivity contribution in [1.82, 2.24) is 0 Å². The van der Waals surface area contributed by atoms with Gasteiger partial charge < -0.3 is 14.6 Å². The van der Waals surface area contributed by atoms with Crippen LogP contribution in [-0.2, 0) is 14.3 Å². The molecule has 2 aliphatic carbocycles. The average molecular weight is 238 g/mol. The molecule has 1 aliphatic heterocycles. The molecule has 1 heterocycles. The third-order valence-electron chi connectivity index (χ3n) is 4.64. The smallest absolute Gasteiger partial charge is 0.202 e. The van der Waals surface area contributed by atoms with Crippen molar-refractivity contribution in [1.29, 1.82) is 0 Å². The lowest BCUT2D eigenvalue weighted by atomic mass is 9.60. The molecular formula is C13H18O4. The van der Waals surface area contributed by atoms with E-state index in [0.717, 1.165) is 25.7 Å². The fourth-order valence-corrected chi connectivity index (χ4v) is 3.40. The number of allylic oxidation sites excluding steroid dienone is 2. The van der Waals surface area contributed by atoms with Gasteiger partial charge in [0.1, 0.15) is 0 Å². The van der Waals surface area contributed by atoms with E-state index in [1.807, 2.05) is 6.92 Å². The number of Topliss-reactive ketones (excluding diaryl/α,β-unsaturated/α-hetero) is 1. The summed E-state index contributed by atoms with van der Waals surface area (Å²) < 4.78 is 11.4. The van der Waals surface area contributed by atoms with E-state index in [4.69, 9.17) is 9.47 Å². The Bertz CT molecular complexity index is 381. The average Bonchev–Trinajstić information content (AvgIpc) is 2.76. The monoisotopic (exact) mass is 238 g/mol. The van der Waals surface area contributed by atoms with Gasteiger partial charge in [-0.15, -0.1) is 0 Å². The molecular weight excluding hydrogens is 220 g/mol. The molecule has 17 heavy (non-hydrogen) atoms. The van der Waals surface area contributed by atoms with Crippen LogP contribution in [0.1, 0.15) is 32.6 Å². The molecule has 3 aliphatic rings. The van der Waals surface area contributed by atoms with E-state index < -0.39 is 11.2 Å². The molecule has 0 aromatic heterocycles. The van der Waals surface area contributed by atoms with E-state index in [9.17, 15) is 9.90 Å². The van der Waals surface area contributed by atoms with E-state index >= 15 is 0 Å². The highest BCUT2D eigenvalue weighted by molar-refractivity contribution is 5.98. The van der Waals surface area contributed by atoms with Gasteiger partial charge in [-0.05, 0) is 24.8 Å². The van der Waals surface area contributed by atoms with Crippen LogP contribution in [0.2, 0.25) is 0 Å². The molecule has 1 spiro atoms. The highest BCUT2D eigenvalue weighted by Gasteiger charge is 2.54. The number of fused-ring (bicyclic) bond motifs is 1. The van der Waals surface area contributed by atoms with Gasteiger partial charge in [-0.2, -0.15) is 0 Å². The van der Waals surface area contributed by atoms with Crippen molar-refractivity contribution in [2.75, 3.05) is 13.2 Å². The summed E-state index contributed by atoms with van der Waals surface area (Å²) >= 11 is 0. The summed E-state index contributed by atoms with van der Waals surface area (Å²) in [6, 6.07) is 0. The van der Waals surface area contributed by atoms with E-state index in [2.05, 4.69) is 0 Å². The van der Waals surface area contributed by atoms with Gasteiger partial charge in [0.2, 0.25) is 5.78 Å². The maximum absolute atomic E-state index is 12.1. The number of hydrogen-bond acceptors (Lipinski definition) is 4. The second kappa shape index (κ2) is 3.56. The first kappa shape index (κ1) is 11.2. The molecule has 1 saturated carbocycles. The zero-order valence-electron chi connectivity index (χ0n) is 10.1. The summed E-state index contributed by atoms with van der Waals surface area (Å²) in [5, 5.41) is 9.59. The zero-order chi connectivity index (χ0) is 12.1. The number of ketones is 1. The first-order valence-corrected chi connectivity index (χ1v) is 6.28. The molecule has 0 radical (unpaired) electrons. The molecule has 94 valence electrons. The van der Waals surface area contributed by atoms with E-state index in [1.165, 1.54) is 0 Å². The van der Waals surface area contributed by atoms with E-state index in [0.29, 0.717) is 13.2 Å². The Hall–Kier alpha value is -0.870. The minimum Gasteiger partial charge on any atom is -0.505 e. The van der Waals surface area contributed by atoms with Crippen molar-refractivity contribution in [3.8, 4) is 0 Å². The minimum atomic E-state index is -0.453. The van der Waals surface area contributed by atoms with Crippen LogP contribution in [0.3, 0.4) is 0 Å². The highest BCUT2D eigenvalue weighted by atomic mass is 16.7. The van der Waals surface area contributed by atoms with Crippen molar-refractivity contribution in [3.63, 3.8) is 0 Å². The molecule has 2 fully saturated rings. The lowest BCUT2D eigenvalue weighted by Gasteiger charge is -2.47. The molecule has 0 bridgehead atoms. The van der Waals surface area contributed by atoms with Crippen LogP contribution in [0.25, 0.3) is 0 Å². The lowest BCUT2D eigenvalue weighted by Crippen LogP contribution is -2.50. The Morgan fingerprint density at radius 3 is 2.76 bits per heavy atom. The van der Waals surface area contributed by atoms with Crippen molar-refractivity contribution in [3.05, 3.63) is 11.8 Å². The van der Waals surface area contributed by atoms with Crippen molar-refractivity contribution >= 4 is 5.78 Å². The number of carbonyl (C=O) groups excluding carboxylic acids is 1. The van der Waals surface area contributed by atoms with Crippen molar-refractivity contribution < 1.29 is 19.4 Å². The zero-order valence-corrected chi connectivity index (χ0v) is 10.1. The van der Waals surface area contributed by atoms with Crippen LogP contribution in [0, 0.1) is 11.3 Å². The third kappa shape index (κ3) is 1.54. The van der Waals surface area contributed by atoms with Crippen LogP contribution >= 0.6 is 0 Å². The third-order valence-corrected chi connectivity index (χ3v) is 4.64. The van der Waals surface area contributed by atoms with Gasteiger partial charge in [-0.25, -0.2) is 0 Å². The van der Waals surface area contributed by atoms with Gasteiger partial charge in [-0.3, -0.25) is 4.79 Å². The van der Waals surface area contributed by atoms with Gasteiger partial charge in [-0.1, -0.05) is 6.92 Å². The Labute approximate surface area is 101 Å². The molecule has 1 saturated heterocycles. The summed E-state index contributed by atoms with van der Waals surface area (Å²) in [4.78, 5) is 12.1. The molecule has 0 amide bonds. The fourth-order valence-electron chi connectivity index (χ4n) is 3.40. The van der Waals surface area contributed by atoms with Crippen LogP contribution in [0.15, 0.2) is 11.8 Å². The number of aliphatic hydroxyl groups excluding tert-OH is 1. The molecule has 1 unspecified atom stereocenters. The number of aliphatic hydroxyl groups is 1. The molecule has 4 nitrogen and oxygen atoms in total. The maximum atomic E-state index is 12.1. The predicted octanol–water partition coefficient (Wildman–Crippen LogP) is 1.95. The maximum Gasteiger partial charge on any atom is 0.202 e. The summed E-state index contributed by atoms with van der Waals surface area (Å²) in [6.45, 7) is 3.27. The largest absolute Gasteiger partial charge is 0.505 e. The summed E-state index contributed by atoms with van der Waals surface area (Å²) in [6.07, 6.45) is 4.62. The summed E-state index contributed by atoms with van der Waals surface area (Å²) in [5.41, 5.74) is -0.431. The van der Waals surface area contributed by atoms with Gasteiger partial charge in [0.05, 0.1) is 13.2 Å². The van der Waals surface area contributed by atoms with Gasteiger partial charge in [0, 0.05) is 18.3 Å². The quantitative estimate of drug-likeness (QED) is 0.700. The molecule has 1 N–H and O–H groups in total. The number of carbonyl (C=O) groups is 1. The van der Waals surface area contributed by atoms with Gasteiger partial charge >= 0.3 is 0 Å². The van der Waals surface area contributed by atoms with Crippen LogP contribution in [0.5, 0.6) is 0 Å². The molecule has 3 rings (SSSR count). The van der Waals surface area contributed by atoms with E-state index in [-0.39, 0.29) is 17.5 Å². The summed E-state index contributed by atoms with van der Waals surface area (Å²) in [5.74, 6) is -0.405. The molecule has 4 heteroatoms. The van der Waals surface area contributed by atoms with Crippen LogP contribution < -0.4 is 0 Å². The second-order valence-electron chi connectivity index (χ2n) is 5.58. The standard InChI is InChI=1S/C13H18O4/c1-12-4-5-13(16-6-7-17-13)8-9(12)2-3-10(14)11(12)15/h3,9,14H,2,4-8H2,1H3/t9?,12-/m0/s1. The first-order chi connectivity index (χ1) is 8.06. The minimum absolute atomic E-state index is 0.0621. The highest BCUT2D eigenvalue weighted by Crippen LogP contribution is 2.52. The van der Waals surface area contributed by atoms with Gasteiger partial charge in [0.25, 0.3) is 0 Å². The topological polar surface area (TPSA) is 55.8 Å². The van der Waals surface area contributed by atoms with Crippen molar-refractivity contribution in [2.24, 2.45) is 11.3 Å². The van der Waals surface area contributed by atoms with Gasteiger partial charge in [0.15, 0.2) is 11.5 Å². The molecule has 2 atom stereocenters. The Morgan fingerprint density at radius 1 is 1.35 bits per heavy atom. The first-order valence-electron chi connectivity index (χ1n) is 6.28. The molecule has 0 aromatic rings. The SMILES string of the molecule is C[C@]12CCC3(CC1CC=C(O)C2=O)OCCO3. The van der Waals surface area contributed by atoms with Crippen molar-refractivity contribution in [2.45, 2.75) is 38.4 Å². The predicted molar refractivity (Wildman–Crippen MR) is 60.4 cm³/mol.